The number of benzene rings is 2. The largest absolute Gasteiger partial charge is 0.232 e. The lowest BCUT2D eigenvalue weighted by Gasteiger charge is -2.03. The third-order valence-corrected chi connectivity index (χ3v) is 3.85. The average Bonchev–Trinajstić information content (AvgIpc) is 2.37. The molecule has 2 rings (SSSR count). The number of halogens is 1. The van der Waals surface area contributed by atoms with Crippen molar-refractivity contribution in [3.63, 3.8) is 0 Å². The summed E-state index contributed by atoms with van der Waals surface area (Å²) in [7, 11) is 1.77. The molecule has 2 aromatic rings. The fourth-order valence-electron chi connectivity index (χ4n) is 1.73. The Balaban J connectivity index is 2.11. The quantitative estimate of drug-likeness (QED) is 0.804. The maximum atomic E-state index is 10.9. The maximum Gasteiger partial charge on any atom is 0.232 e. The smallest absolute Gasteiger partial charge is 0.212 e. The van der Waals surface area contributed by atoms with Crippen LogP contribution in [0, 0.1) is 0 Å². The van der Waals surface area contributed by atoms with Crippen molar-refractivity contribution in [2.75, 3.05) is 5.75 Å². The molecule has 0 bridgehead atoms. The highest BCUT2D eigenvalue weighted by molar-refractivity contribution is 8.13. The van der Waals surface area contributed by atoms with Gasteiger partial charge in [-0.1, -0.05) is 54.6 Å². The van der Waals surface area contributed by atoms with Gasteiger partial charge in [-0.3, -0.25) is 0 Å². The van der Waals surface area contributed by atoms with Crippen molar-refractivity contribution in [1.82, 2.24) is 0 Å². The van der Waals surface area contributed by atoms with E-state index in [0.29, 0.717) is 6.42 Å². The van der Waals surface area contributed by atoms with Gasteiger partial charge in [0.25, 0.3) is 0 Å². The van der Waals surface area contributed by atoms with Crippen molar-refractivity contribution in [1.29, 1.82) is 0 Å². The summed E-state index contributed by atoms with van der Waals surface area (Å²) in [5.41, 5.74) is 3.24. The average molecular weight is 281 g/mol. The first-order valence-corrected chi connectivity index (χ1v) is 8.09. The molecule has 0 aliphatic carbocycles. The van der Waals surface area contributed by atoms with E-state index in [1.54, 1.807) is 0 Å². The van der Waals surface area contributed by atoms with Crippen LogP contribution in [-0.4, -0.2) is 14.2 Å². The Kier molecular flexibility index (Phi) is 4.04. The van der Waals surface area contributed by atoms with Gasteiger partial charge in [-0.05, 0) is 23.1 Å². The lowest BCUT2D eigenvalue weighted by atomic mass is 10.0. The van der Waals surface area contributed by atoms with Crippen molar-refractivity contribution in [2.45, 2.75) is 6.42 Å². The molecule has 0 N–H and O–H groups in total. The van der Waals surface area contributed by atoms with E-state index >= 15 is 0 Å². The van der Waals surface area contributed by atoms with Gasteiger partial charge in [0, 0.05) is 10.7 Å². The molecule has 0 aliphatic rings. The normalized spacial score (nSPS) is 11.4. The summed E-state index contributed by atoms with van der Waals surface area (Å²) in [6, 6.07) is 17.9. The second-order valence-corrected chi connectivity index (χ2v) is 6.95. The van der Waals surface area contributed by atoms with Crippen molar-refractivity contribution in [2.24, 2.45) is 0 Å². The molecule has 0 spiro atoms. The van der Waals surface area contributed by atoms with Gasteiger partial charge in [0.05, 0.1) is 5.75 Å². The number of aryl methyl sites for hydroxylation is 1. The van der Waals surface area contributed by atoms with E-state index in [1.165, 1.54) is 0 Å². The first kappa shape index (κ1) is 13.1. The van der Waals surface area contributed by atoms with Crippen LogP contribution in [0.3, 0.4) is 0 Å². The third kappa shape index (κ3) is 3.86. The summed E-state index contributed by atoms with van der Waals surface area (Å²) in [6.07, 6.45) is 0.445. The molecule has 0 saturated heterocycles. The first-order valence-electron chi connectivity index (χ1n) is 5.61. The molecular weight excluding hydrogens is 268 g/mol. The molecule has 4 heteroatoms. The molecule has 0 aliphatic heterocycles. The van der Waals surface area contributed by atoms with Gasteiger partial charge in [0.1, 0.15) is 0 Å². The predicted octanol–water partition coefficient (Wildman–Crippen LogP) is 3.46. The zero-order chi connectivity index (χ0) is 13.0. The summed E-state index contributed by atoms with van der Waals surface area (Å²) >= 11 is 0. The van der Waals surface area contributed by atoms with Crippen LogP contribution >= 0.6 is 10.7 Å². The summed E-state index contributed by atoms with van der Waals surface area (Å²) < 4.78 is 21.7. The summed E-state index contributed by atoms with van der Waals surface area (Å²) in [5.74, 6) is -0.0285. The Hall–Kier alpha value is -1.32. The highest BCUT2D eigenvalue weighted by atomic mass is 35.7. The molecule has 2 nitrogen and oxygen atoms in total. The van der Waals surface area contributed by atoms with Crippen LogP contribution in [0.25, 0.3) is 11.1 Å². The molecule has 0 saturated carbocycles. The molecule has 94 valence electrons. The second kappa shape index (κ2) is 5.55. The minimum Gasteiger partial charge on any atom is -0.212 e. The molecule has 0 fully saturated rings. The van der Waals surface area contributed by atoms with Crippen LogP contribution < -0.4 is 0 Å². The van der Waals surface area contributed by atoms with Gasteiger partial charge < -0.3 is 0 Å². The Bertz CT molecular complexity index is 604. The van der Waals surface area contributed by atoms with E-state index in [4.69, 9.17) is 10.7 Å². The zero-order valence-electron chi connectivity index (χ0n) is 9.71. The molecule has 0 atom stereocenters. The monoisotopic (exact) mass is 280 g/mol. The van der Waals surface area contributed by atoms with E-state index in [1.807, 2.05) is 54.6 Å². The predicted molar refractivity (Wildman–Crippen MR) is 75.2 cm³/mol. The van der Waals surface area contributed by atoms with E-state index in [2.05, 4.69) is 0 Å². The van der Waals surface area contributed by atoms with Gasteiger partial charge in [-0.15, -0.1) is 0 Å². The van der Waals surface area contributed by atoms with Gasteiger partial charge >= 0.3 is 0 Å². The minimum atomic E-state index is -3.41. The molecule has 0 aromatic heterocycles. The molecule has 18 heavy (non-hydrogen) atoms. The minimum absolute atomic E-state index is 0.0285. The number of hydrogen-bond donors (Lipinski definition) is 0. The summed E-state index contributed by atoms with van der Waals surface area (Å²) in [5, 5.41) is 0. The van der Waals surface area contributed by atoms with Gasteiger partial charge in [-0.2, -0.15) is 0 Å². The number of rotatable bonds is 4. The lowest BCUT2D eigenvalue weighted by molar-refractivity contribution is 0.609. The van der Waals surface area contributed by atoms with Crippen molar-refractivity contribution >= 4 is 19.7 Å². The van der Waals surface area contributed by atoms with Gasteiger partial charge in [-0.25, -0.2) is 8.42 Å². The zero-order valence-corrected chi connectivity index (χ0v) is 11.3. The third-order valence-electron chi connectivity index (χ3n) is 2.70. The SMILES string of the molecule is O=S(=O)(Cl)CCc1ccc(-c2ccccc2)cc1. The topological polar surface area (TPSA) is 34.1 Å². The first-order chi connectivity index (χ1) is 8.54. The molecular formula is C14H13ClO2S. The van der Waals surface area contributed by atoms with E-state index < -0.39 is 9.05 Å². The van der Waals surface area contributed by atoms with Crippen LogP contribution in [0.15, 0.2) is 54.6 Å². The van der Waals surface area contributed by atoms with Gasteiger partial charge in [0.2, 0.25) is 9.05 Å². The molecule has 0 radical (unpaired) electrons. The Morgan fingerprint density at radius 1 is 0.833 bits per heavy atom. The summed E-state index contributed by atoms with van der Waals surface area (Å²) in [6.45, 7) is 0. The van der Waals surface area contributed by atoms with Crippen molar-refractivity contribution < 1.29 is 8.42 Å². The fraction of sp³-hybridized carbons (Fsp3) is 0.143. The molecule has 0 amide bonds. The van der Waals surface area contributed by atoms with Crippen molar-refractivity contribution in [3.8, 4) is 11.1 Å². The Labute approximate surface area is 112 Å². The van der Waals surface area contributed by atoms with E-state index in [-0.39, 0.29) is 5.75 Å². The standard InChI is InChI=1S/C14H13ClO2S/c15-18(16,17)11-10-12-6-8-14(9-7-12)13-4-2-1-3-5-13/h1-9H,10-11H2. The van der Waals surface area contributed by atoms with Crippen LogP contribution in [0.4, 0.5) is 0 Å². The Morgan fingerprint density at radius 2 is 1.39 bits per heavy atom. The highest BCUT2D eigenvalue weighted by Crippen LogP contribution is 2.19. The molecule has 0 unspecified atom stereocenters. The molecule has 2 aromatic carbocycles. The van der Waals surface area contributed by atoms with Crippen LogP contribution in [0.2, 0.25) is 0 Å². The number of hydrogen-bond acceptors (Lipinski definition) is 2. The fourth-order valence-corrected chi connectivity index (χ4v) is 2.45. The maximum absolute atomic E-state index is 10.9. The molecule has 0 heterocycles. The van der Waals surface area contributed by atoms with Crippen molar-refractivity contribution in [3.05, 3.63) is 60.2 Å². The van der Waals surface area contributed by atoms with Gasteiger partial charge in [0.15, 0.2) is 0 Å². The van der Waals surface area contributed by atoms with E-state index in [0.717, 1.165) is 16.7 Å². The lowest BCUT2D eigenvalue weighted by Crippen LogP contribution is -2.00. The van der Waals surface area contributed by atoms with Crippen LogP contribution in [-0.2, 0) is 15.5 Å². The summed E-state index contributed by atoms with van der Waals surface area (Å²) in [4.78, 5) is 0. The Morgan fingerprint density at radius 3 is 1.94 bits per heavy atom. The van der Waals surface area contributed by atoms with Crippen LogP contribution in [0.1, 0.15) is 5.56 Å². The van der Waals surface area contributed by atoms with E-state index in [9.17, 15) is 8.42 Å². The van der Waals surface area contributed by atoms with Crippen LogP contribution in [0.5, 0.6) is 0 Å². The highest BCUT2D eigenvalue weighted by Gasteiger charge is 2.05. The second-order valence-electron chi connectivity index (χ2n) is 4.06.